The topological polar surface area (TPSA) is 36.9 Å². The largest absolute Gasteiger partial charge is 0.573 e. The first-order valence-corrected chi connectivity index (χ1v) is 7.21. The Morgan fingerprint density at radius 3 is 2.26 bits per heavy atom. The molecule has 130 valence electrons. The molecule has 0 aliphatic heterocycles. The minimum Gasteiger partial charge on any atom is -0.504 e. The second-order valence-electron chi connectivity index (χ2n) is 4.47. The van der Waals surface area contributed by atoms with Gasteiger partial charge in [0.15, 0.2) is 6.29 Å². The molecule has 23 heavy (non-hydrogen) atoms. The lowest BCUT2D eigenvalue weighted by Gasteiger charge is -2.20. The van der Waals surface area contributed by atoms with E-state index in [1.54, 1.807) is 6.07 Å². The van der Waals surface area contributed by atoms with Gasteiger partial charge < -0.3 is 18.9 Å². The molecule has 0 atom stereocenters. The summed E-state index contributed by atoms with van der Waals surface area (Å²) >= 11 is 0. The number of alkyl halides is 3. The molecular weight excluding hydrogens is 313 g/mol. The van der Waals surface area contributed by atoms with Gasteiger partial charge in [0.05, 0.1) is 13.4 Å². The molecule has 0 N–H and O–H groups in total. The second kappa shape index (κ2) is 9.42. The fourth-order valence-corrected chi connectivity index (χ4v) is 2.03. The lowest BCUT2D eigenvalue weighted by Crippen LogP contribution is -2.20. The summed E-state index contributed by atoms with van der Waals surface area (Å²) in [5, 5.41) is 0. The van der Waals surface area contributed by atoms with Crippen LogP contribution in [0.4, 0.5) is 13.2 Å². The number of methoxy groups -OCH3 is 1. The molecule has 1 rings (SSSR count). The van der Waals surface area contributed by atoms with E-state index in [-0.39, 0.29) is 17.7 Å². The van der Waals surface area contributed by atoms with E-state index in [1.165, 1.54) is 31.6 Å². The van der Waals surface area contributed by atoms with Crippen molar-refractivity contribution in [2.75, 3.05) is 20.3 Å². The average Bonchev–Trinajstić information content (AvgIpc) is 2.46. The first-order valence-electron chi connectivity index (χ1n) is 7.21. The zero-order valence-electron chi connectivity index (χ0n) is 13.4. The molecule has 1 aromatic carbocycles. The number of para-hydroxylation sites is 1. The summed E-state index contributed by atoms with van der Waals surface area (Å²) in [5.41, 5.74) is 0.760. The fraction of sp³-hybridized carbons (Fsp3) is 0.500. The fourth-order valence-electron chi connectivity index (χ4n) is 2.03. The van der Waals surface area contributed by atoms with Crippen LogP contribution in [0.15, 0.2) is 30.5 Å². The second-order valence-corrected chi connectivity index (χ2v) is 4.47. The van der Waals surface area contributed by atoms with Crippen LogP contribution < -0.4 is 4.74 Å². The van der Waals surface area contributed by atoms with Crippen LogP contribution in [0, 0.1) is 0 Å². The average molecular weight is 334 g/mol. The molecule has 0 spiro atoms. The van der Waals surface area contributed by atoms with Crippen LogP contribution in [0.2, 0.25) is 0 Å². The van der Waals surface area contributed by atoms with Crippen LogP contribution in [0.3, 0.4) is 0 Å². The first-order chi connectivity index (χ1) is 10.9. The van der Waals surface area contributed by atoms with Crippen LogP contribution >= 0.6 is 0 Å². The van der Waals surface area contributed by atoms with Crippen molar-refractivity contribution in [2.24, 2.45) is 0 Å². The Labute approximate surface area is 133 Å². The van der Waals surface area contributed by atoms with Crippen molar-refractivity contribution in [1.29, 1.82) is 0 Å². The summed E-state index contributed by atoms with van der Waals surface area (Å²) in [5.74, 6) is -0.296. The maximum Gasteiger partial charge on any atom is 0.573 e. The molecule has 0 amide bonds. The van der Waals surface area contributed by atoms with Crippen molar-refractivity contribution in [2.45, 2.75) is 32.9 Å². The molecule has 0 aliphatic carbocycles. The zero-order valence-corrected chi connectivity index (χ0v) is 13.4. The summed E-state index contributed by atoms with van der Waals surface area (Å²) in [6, 6.07) is 5.87. The third-order valence-corrected chi connectivity index (χ3v) is 2.81. The highest BCUT2D eigenvalue weighted by atomic mass is 19.4. The van der Waals surface area contributed by atoms with Crippen molar-refractivity contribution >= 4 is 5.57 Å². The maximum atomic E-state index is 12.6. The highest BCUT2D eigenvalue weighted by Gasteiger charge is 2.32. The van der Waals surface area contributed by atoms with Gasteiger partial charge >= 0.3 is 6.36 Å². The van der Waals surface area contributed by atoms with Gasteiger partial charge in [-0.15, -0.1) is 13.2 Å². The van der Waals surface area contributed by atoms with Crippen molar-refractivity contribution in [3.63, 3.8) is 0 Å². The lowest BCUT2D eigenvalue weighted by molar-refractivity contribution is -0.274. The molecule has 4 nitrogen and oxygen atoms in total. The van der Waals surface area contributed by atoms with Gasteiger partial charge in [0.1, 0.15) is 5.75 Å². The molecular formula is C16H21F3O4. The van der Waals surface area contributed by atoms with E-state index in [2.05, 4.69) is 4.74 Å². The number of halogens is 3. The molecule has 1 aromatic rings. The molecule has 0 fully saturated rings. The predicted molar refractivity (Wildman–Crippen MR) is 79.8 cm³/mol. The molecule has 0 aromatic heterocycles. The van der Waals surface area contributed by atoms with E-state index in [0.29, 0.717) is 18.8 Å². The van der Waals surface area contributed by atoms with E-state index in [4.69, 9.17) is 14.2 Å². The van der Waals surface area contributed by atoms with Crippen molar-refractivity contribution < 1.29 is 32.1 Å². The van der Waals surface area contributed by atoms with E-state index >= 15 is 0 Å². The number of benzene rings is 1. The van der Waals surface area contributed by atoms with Gasteiger partial charge in [-0.3, -0.25) is 0 Å². The number of hydrogen-bond acceptors (Lipinski definition) is 4. The van der Waals surface area contributed by atoms with Gasteiger partial charge in [-0.25, -0.2) is 0 Å². The Hall–Kier alpha value is -1.73. The minimum atomic E-state index is -4.77. The molecule has 0 heterocycles. The van der Waals surface area contributed by atoms with Crippen molar-refractivity contribution in [3.05, 3.63) is 36.1 Å². The molecule has 0 aliphatic rings. The summed E-state index contributed by atoms with van der Waals surface area (Å²) < 4.78 is 57.6. The summed E-state index contributed by atoms with van der Waals surface area (Å²) in [6.07, 6.45) is -3.75. The van der Waals surface area contributed by atoms with Gasteiger partial charge in [-0.2, -0.15) is 0 Å². The van der Waals surface area contributed by atoms with Crippen LogP contribution in [0.5, 0.6) is 5.75 Å². The molecule has 0 unspecified atom stereocenters. The predicted octanol–water partition coefficient (Wildman–Crippen LogP) is 4.36. The molecule has 0 saturated heterocycles. The summed E-state index contributed by atoms with van der Waals surface area (Å²) in [6.45, 7) is 4.47. The SMILES string of the molecule is CCOC(C/C(=C/OC)c1ccccc1OC(F)(F)F)OCC. The van der Waals surface area contributed by atoms with Crippen LogP contribution in [-0.4, -0.2) is 33.0 Å². The zero-order chi connectivity index (χ0) is 17.3. The normalized spacial score (nSPS) is 12.6. The number of rotatable bonds is 9. The Morgan fingerprint density at radius 2 is 1.74 bits per heavy atom. The Morgan fingerprint density at radius 1 is 1.13 bits per heavy atom. The van der Waals surface area contributed by atoms with E-state index in [1.807, 2.05) is 13.8 Å². The third-order valence-electron chi connectivity index (χ3n) is 2.81. The lowest BCUT2D eigenvalue weighted by atomic mass is 10.0. The quantitative estimate of drug-likeness (QED) is 0.497. The van der Waals surface area contributed by atoms with Crippen LogP contribution in [0.1, 0.15) is 25.8 Å². The van der Waals surface area contributed by atoms with Crippen molar-refractivity contribution in [1.82, 2.24) is 0 Å². The van der Waals surface area contributed by atoms with Gasteiger partial charge in [-0.05, 0) is 19.9 Å². The number of ether oxygens (including phenoxy) is 4. The number of hydrogen-bond donors (Lipinski definition) is 0. The molecule has 0 bridgehead atoms. The standard InChI is InChI=1S/C16H21F3O4/c1-4-21-15(22-5-2)10-12(11-20-3)13-8-6-7-9-14(13)23-16(17,18)19/h6-9,11,15H,4-5,10H2,1-3H3/b12-11-. The van der Waals surface area contributed by atoms with Crippen LogP contribution in [0.25, 0.3) is 5.57 Å². The van der Waals surface area contributed by atoms with Gasteiger partial charge in [0, 0.05) is 30.8 Å². The Balaban J connectivity index is 3.08. The Bertz CT molecular complexity index is 494. The minimum absolute atomic E-state index is 0.230. The molecule has 7 heteroatoms. The maximum absolute atomic E-state index is 12.6. The Kier molecular flexibility index (Phi) is 7.91. The smallest absolute Gasteiger partial charge is 0.504 e. The first kappa shape index (κ1) is 19.3. The molecule has 0 radical (unpaired) electrons. The van der Waals surface area contributed by atoms with Gasteiger partial charge in [0.25, 0.3) is 0 Å². The van der Waals surface area contributed by atoms with E-state index < -0.39 is 12.7 Å². The van der Waals surface area contributed by atoms with Gasteiger partial charge in [-0.1, -0.05) is 18.2 Å². The summed E-state index contributed by atoms with van der Waals surface area (Å²) in [7, 11) is 1.42. The van der Waals surface area contributed by atoms with Crippen LogP contribution in [-0.2, 0) is 14.2 Å². The van der Waals surface area contributed by atoms with E-state index in [0.717, 1.165) is 0 Å². The highest BCUT2D eigenvalue weighted by molar-refractivity contribution is 5.70. The third kappa shape index (κ3) is 6.92. The van der Waals surface area contributed by atoms with Crippen molar-refractivity contribution in [3.8, 4) is 5.75 Å². The monoisotopic (exact) mass is 334 g/mol. The summed E-state index contributed by atoms with van der Waals surface area (Å²) in [4.78, 5) is 0. The van der Waals surface area contributed by atoms with E-state index in [9.17, 15) is 13.2 Å². The van der Waals surface area contributed by atoms with Gasteiger partial charge in [0.2, 0.25) is 0 Å². The highest BCUT2D eigenvalue weighted by Crippen LogP contribution is 2.33. The molecule has 0 saturated carbocycles.